The number of carboxylic acids is 1. The van der Waals surface area contributed by atoms with E-state index in [0.29, 0.717) is 0 Å². The van der Waals surface area contributed by atoms with E-state index >= 15 is 0 Å². The maximum atomic E-state index is 10.8. The molecular weight excluding hydrogens is 162 g/mol. The van der Waals surface area contributed by atoms with Crippen LogP contribution in [0.25, 0.3) is 0 Å². The monoisotopic (exact) mass is 175 g/mol. The molecule has 3 N–H and O–H groups in total. The first kappa shape index (κ1) is 10.9. The second-order valence-electron chi connectivity index (χ2n) is 2.68. The lowest BCUT2D eigenvalue weighted by atomic mass is 10.2. The number of carboxylic acid groups (broad SMARTS) is 1. The predicted molar refractivity (Wildman–Crippen MR) is 41.5 cm³/mol. The molecule has 0 radical (unpaired) electrons. The molecule has 70 valence electrons. The molecule has 0 aliphatic rings. The first-order valence-electron chi connectivity index (χ1n) is 3.63. The van der Waals surface area contributed by atoms with Gasteiger partial charge in [0.15, 0.2) is 0 Å². The fourth-order valence-corrected chi connectivity index (χ4v) is 0.630. The van der Waals surface area contributed by atoms with Crippen molar-refractivity contribution in [3.63, 3.8) is 0 Å². The van der Waals surface area contributed by atoms with Crippen molar-refractivity contribution < 1.29 is 19.8 Å². The summed E-state index contributed by atoms with van der Waals surface area (Å²) in [5.74, 6) is -1.55. The molecule has 1 unspecified atom stereocenters. The Morgan fingerprint density at radius 3 is 2.25 bits per heavy atom. The summed E-state index contributed by atoms with van der Waals surface area (Å²) in [6, 6.07) is -0.906. The lowest BCUT2D eigenvalue weighted by Gasteiger charge is -2.09. The third-order valence-electron chi connectivity index (χ3n) is 1.23. The second-order valence-corrected chi connectivity index (χ2v) is 2.68. The lowest BCUT2D eigenvalue weighted by molar-refractivity contribution is -0.141. The molecule has 12 heavy (non-hydrogen) atoms. The van der Waals surface area contributed by atoms with Gasteiger partial charge in [0.2, 0.25) is 5.91 Å². The van der Waals surface area contributed by atoms with Gasteiger partial charge in [-0.15, -0.1) is 0 Å². The van der Waals surface area contributed by atoms with Crippen LogP contribution in [-0.4, -0.2) is 34.2 Å². The molecule has 5 heteroatoms. The van der Waals surface area contributed by atoms with Crippen LogP contribution in [0.3, 0.4) is 0 Å². The molecule has 0 fully saturated rings. The Bertz CT molecular complexity index is 178. The molecule has 5 nitrogen and oxygen atoms in total. The van der Waals surface area contributed by atoms with Gasteiger partial charge in [-0.2, -0.15) is 0 Å². The van der Waals surface area contributed by atoms with E-state index in [1.807, 2.05) is 0 Å². The van der Waals surface area contributed by atoms with E-state index in [9.17, 15) is 9.59 Å². The van der Waals surface area contributed by atoms with Crippen LogP contribution in [0.1, 0.15) is 20.3 Å². The van der Waals surface area contributed by atoms with Crippen LogP contribution in [0.15, 0.2) is 0 Å². The molecule has 0 bridgehead atoms. The average Bonchev–Trinajstić information content (AvgIpc) is 1.84. The Kier molecular flexibility index (Phi) is 4.28. The van der Waals surface area contributed by atoms with Crippen molar-refractivity contribution in [2.24, 2.45) is 0 Å². The summed E-state index contributed by atoms with van der Waals surface area (Å²) >= 11 is 0. The fourth-order valence-electron chi connectivity index (χ4n) is 0.630. The topological polar surface area (TPSA) is 86.6 Å². The number of hydrogen-bond acceptors (Lipinski definition) is 3. The van der Waals surface area contributed by atoms with E-state index in [1.54, 1.807) is 0 Å². The highest BCUT2D eigenvalue weighted by molar-refractivity contribution is 5.83. The number of rotatable bonds is 4. The van der Waals surface area contributed by atoms with Crippen molar-refractivity contribution in [3.05, 3.63) is 0 Å². The van der Waals surface area contributed by atoms with Gasteiger partial charge in [0.05, 0.1) is 12.5 Å². The summed E-state index contributed by atoms with van der Waals surface area (Å²) in [4.78, 5) is 21.1. The number of amides is 1. The zero-order valence-electron chi connectivity index (χ0n) is 7.07. The molecule has 0 saturated carbocycles. The van der Waals surface area contributed by atoms with E-state index in [-0.39, 0.29) is 6.42 Å². The van der Waals surface area contributed by atoms with Crippen molar-refractivity contribution in [3.8, 4) is 0 Å². The summed E-state index contributed by atoms with van der Waals surface area (Å²) in [5.41, 5.74) is 0. The highest BCUT2D eigenvalue weighted by Crippen LogP contribution is 1.90. The summed E-state index contributed by atoms with van der Waals surface area (Å²) in [5, 5.41) is 19.4. The van der Waals surface area contributed by atoms with Gasteiger partial charge in [-0.25, -0.2) is 0 Å². The molecule has 0 saturated heterocycles. The Morgan fingerprint density at radius 1 is 1.42 bits per heavy atom. The summed E-state index contributed by atoms with van der Waals surface area (Å²) in [7, 11) is 0. The predicted octanol–water partition coefficient (Wildman–Crippen LogP) is -0.653. The highest BCUT2D eigenvalue weighted by Gasteiger charge is 2.14. The summed E-state index contributed by atoms with van der Waals surface area (Å²) in [6.45, 7) is 2.83. The molecule has 1 amide bonds. The van der Waals surface area contributed by atoms with E-state index in [4.69, 9.17) is 10.2 Å². The van der Waals surface area contributed by atoms with E-state index in [0.717, 1.165) is 0 Å². The SMILES string of the molecule is CC(O)CC(=O)N[C@@H](C)C(=O)O. The van der Waals surface area contributed by atoms with Crippen molar-refractivity contribution in [2.75, 3.05) is 0 Å². The van der Waals surface area contributed by atoms with E-state index < -0.39 is 24.0 Å². The first-order chi connectivity index (χ1) is 5.43. The van der Waals surface area contributed by atoms with Crippen LogP contribution in [0.2, 0.25) is 0 Å². The normalized spacial score (nSPS) is 14.9. The third-order valence-corrected chi connectivity index (χ3v) is 1.23. The van der Waals surface area contributed by atoms with Crippen molar-refractivity contribution in [2.45, 2.75) is 32.4 Å². The molecule has 0 aliphatic carbocycles. The Balaban J connectivity index is 3.77. The van der Waals surface area contributed by atoms with Gasteiger partial charge in [0, 0.05) is 0 Å². The summed E-state index contributed by atoms with van der Waals surface area (Å²) in [6.07, 6.45) is -0.816. The molecule has 0 rings (SSSR count). The standard InChI is InChI=1S/C7H13NO4/c1-4(9)3-6(10)8-5(2)7(11)12/h4-5,9H,3H2,1-2H3,(H,8,10)(H,11,12)/t4?,5-/m0/s1. The largest absolute Gasteiger partial charge is 0.480 e. The van der Waals surface area contributed by atoms with Crippen LogP contribution in [0.4, 0.5) is 0 Å². The van der Waals surface area contributed by atoms with E-state index in [1.165, 1.54) is 13.8 Å². The van der Waals surface area contributed by atoms with Crippen LogP contribution in [0, 0.1) is 0 Å². The maximum absolute atomic E-state index is 10.8. The molecular formula is C7H13NO4. The molecule has 0 heterocycles. The first-order valence-corrected chi connectivity index (χ1v) is 3.63. The second kappa shape index (κ2) is 4.71. The number of aliphatic hydroxyl groups excluding tert-OH is 1. The molecule has 0 aromatic rings. The zero-order chi connectivity index (χ0) is 9.72. The zero-order valence-corrected chi connectivity index (χ0v) is 7.07. The number of aliphatic hydroxyl groups is 1. The van der Waals surface area contributed by atoms with Crippen LogP contribution in [-0.2, 0) is 9.59 Å². The van der Waals surface area contributed by atoms with Crippen molar-refractivity contribution >= 4 is 11.9 Å². The van der Waals surface area contributed by atoms with Crippen LogP contribution in [0.5, 0.6) is 0 Å². The number of hydrogen-bond donors (Lipinski definition) is 3. The minimum absolute atomic E-state index is 0.0718. The minimum atomic E-state index is -1.09. The van der Waals surface area contributed by atoms with Crippen LogP contribution < -0.4 is 5.32 Å². The van der Waals surface area contributed by atoms with Crippen molar-refractivity contribution in [1.29, 1.82) is 0 Å². The molecule has 0 aromatic heterocycles. The number of aliphatic carboxylic acids is 1. The number of nitrogens with one attached hydrogen (secondary N) is 1. The molecule has 0 aromatic carbocycles. The Labute approximate surface area is 70.4 Å². The van der Waals surface area contributed by atoms with Gasteiger partial charge in [0.1, 0.15) is 6.04 Å². The van der Waals surface area contributed by atoms with Gasteiger partial charge in [-0.1, -0.05) is 0 Å². The lowest BCUT2D eigenvalue weighted by Crippen LogP contribution is -2.39. The highest BCUT2D eigenvalue weighted by atomic mass is 16.4. The quantitative estimate of drug-likeness (QED) is 0.529. The minimum Gasteiger partial charge on any atom is -0.480 e. The molecule has 2 atom stereocenters. The maximum Gasteiger partial charge on any atom is 0.325 e. The fraction of sp³-hybridized carbons (Fsp3) is 0.714. The van der Waals surface area contributed by atoms with Gasteiger partial charge < -0.3 is 15.5 Å². The Hall–Kier alpha value is -1.10. The third kappa shape index (κ3) is 4.68. The molecule has 0 aliphatic heterocycles. The van der Waals surface area contributed by atoms with Crippen LogP contribution >= 0.6 is 0 Å². The number of carbonyl (C=O) groups is 2. The van der Waals surface area contributed by atoms with Gasteiger partial charge in [0.25, 0.3) is 0 Å². The van der Waals surface area contributed by atoms with Gasteiger partial charge >= 0.3 is 5.97 Å². The van der Waals surface area contributed by atoms with Gasteiger partial charge in [-0.05, 0) is 13.8 Å². The summed E-state index contributed by atoms with van der Waals surface area (Å²) < 4.78 is 0. The van der Waals surface area contributed by atoms with Crippen molar-refractivity contribution in [1.82, 2.24) is 5.32 Å². The van der Waals surface area contributed by atoms with Gasteiger partial charge in [-0.3, -0.25) is 9.59 Å². The molecule has 0 spiro atoms. The van der Waals surface area contributed by atoms with E-state index in [2.05, 4.69) is 5.32 Å². The average molecular weight is 175 g/mol. The smallest absolute Gasteiger partial charge is 0.325 e. The number of carbonyl (C=O) groups excluding carboxylic acids is 1. The Morgan fingerprint density at radius 2 is 1.92 bits per heavy atom.